The van der Waals surface area contributed by atoms with Gasteiger partial charge in [-0.3, -0.25) is 14.7 Å². The monoisotopic (exact) mass is 657 g/mol. The van der Waals surface area contributed by atoms with Crippen molar-refractivity contribution < 1.29 is 24.5 Å². The van der Waals surface area contributed by atoms with Crippen LogP contribution in [0, 0.1) is 0 Å². The largest absolute Gasteiger partial charge is 0.392 e. The SMILES string of the molecule is C[C@H]([C@@H](O)c1ccccc1)N(C)C[C@@H]1C[C@H](c2ccc(CO)cc2)O[C@H](c2ccc(-c3cccc(CNC(=O)c4cccnc4)c3)cc2)O1. The molecule has 8 heteroatoms. The number of ether oxygens (including phenoxy) is 2. The van der Waals surface area contributed by atoms with E-state index in [0.717, 1.165) is 38.9 Å². The third-order valence-electron chi connectivity index (χ3n) is 9.22. The van der Waals surface area contributed by atoms with E-state index in [9.17, 15) is 15.0 Å². The molecule has 2 heterocycles. The number of pyridine rings is 1. The highest BCUT2D eigenvalue weighted by atomic mass is 16.7. The van der Waals surface area contributed by atoms with Crippen LogP contribution in [0.25, 0.3) is 11.1 Å². The number of hydrogen-bond donors (Lipinski definition) is 3. The highest BCUT2D eigenvalue weighted by molar-refractivity contribution is 5.93. The molecule has 3 N–H and O–H groups in total. The first-order chi connectivity index (χ1) is 23.9. The van der Waals surface area contributed by atoms with Crippen molar-refractivity contribution in [3.8, 4) is 11.1 Å². The Labute approximate surface area is 288 Å². The number of hydrogen-bond acceptors (Lipinski definition) is 7. The molecule has 1 saturated heterocycles. The predicted octanol–water partition coefficient (Wildman–Crippen LogP) is 6.77. The van der Waals surface area contributed by atoms with Crippen LogP contribution in [0.5, 0.6) is 0 Å². The van der Waals surface area contributed by atoms with Gasteiger partial charge in [0.05, 0.1) is 30.5 Å². The predicted molar refractivity (Wildman–Crippen MR) is 189 cm³/mol. The molecule has 4 aromatic carbocycles. The molecule has 0 unspecified atom stereocenters. The molecule has 1 aliphatic heterocycles. The summed E-state index contributed by atoms with van der Waals surface area (Å²) in [6.07, 6.45) is 2.26. The summed E-state index contributed by atoms with van der Waals surface area (Å²) in [6.45, 7) is 3.03. The van der Waals surface area contributed by atoms with Crippen molar-refractivity contribution in [3.63, 3.8) is 0 Å². The number of aliphatic hydroxyl groups excluding tert-OH is 2. The average Bonchev–Trinajstić information content (AvgIpc) is 3.17. The van der Waals surface area contributed by atoms with Crippen LogP contribution in [0.2, 0.25) is 0 Å². The molecule has 5 aromatic rings. The fraction of sp³-hybridized carbons (Fsp3) is 0.268. The Morgan fingerprint density at radius 2 is 1.63 bits per heavy atom. The summed E-state index contributed by atoms with van der Waals surface area (Å²) >= 11 is 0. The van der Waals surface area contributed by atoms with Crippen molar-refractivity contribution in [1.29, 1.82) is 0 Å². The lowest BCUT2D eigenvalue weighted by Gasteiger charge is -2.39. The Kier molecular flexibility index (Phi) is 11.3. The van der Waals surface area contributed by atoms with Gasteiger partial charge in [-0.2, -0.15) is 0 Å². The Morgan fingerprint density at radius 3 is 2.35 bits per heavy atom. The van der Waals surface area contributed by atoms with E-state index in [4.69, 9.17) is 9.47 Å². The average molecular weight is 658 g/mol. The number of likely N-dealkylation sites (N-methyl/N-ethyl adjacent to an activating group) is 1. The van der Waals surface area contributed by atoms with Crippen molar-refractivity contribution in [2.45, 2.75) is 57.1 Å². The number of carbonyl (C=O) groups is 1. The zero-order valence-corrected chi connectivity index (χ0v) is 27.9. The molecule has 5 atom stereocenters. The molecule has 0 spiro atoms. The van der Waals surface area contributed by atoms with Crippen LogP contribution in [0.1, 0.15) is 70.0 Å². The number of aliphatic hydroxyl groups is 2. The fourth-order valence-electron chi connectivity index (χ4n) is 6.17. The second-order valence-corrected chi connectivity index (χ2v) is 12.6. The smallest absolute Gasteiger partial charge is 0.253 e. The number of amides is 1. The molecule has 1 aromatic heterocycles. The third-order valence-corrected chi connectivity index (χ3v) is 9.22. The minimum atomic E-state index is -0.632. The standard InChI is InChI=1S/C41H43N3O5/c1-28(39(46)33-9-4-3-5-10-33)44(2)26-37-23-38(32-15-13-29(27-45)14-16-32)49-41(48-37)34-19-17-31(18-20-34)35-11-6-8-30(22-35)24-43-40(47)36-12-7-21-42-25-36/h3-22,25,28,37-39,41,45-46H,23-24,26-27H2,1-2H3,(H,43,47)/t28-,37+,38-,39-,41-/m1/s1. The van der Waals surface area contributed by atoms with Gasteiger partial charge in [0.1, 0.15) is 0 Å². The van der Waals surface area contributed by atoms with E-state index >= 15 is 0 Å². The van der Waals surface area contributed by atoms with Gasteiger partial charge in [-0.05, 0) is 65.6 Å². The molecule has 0 bridgehead atoms. The molecule has 0 radical (unpaired) electrons. The first kappa shape index (κ1) is 34.2. The Bertz CT molecular complexity index is 1780. The molecule has 6 rings (SSSR count). The number of benzene rings is 4. The highest BCUT2D eigenvalue weighted by Crippen LogP contribution is 2.39. The normalized spacial score (nSPS) is 18.9. The van der Waals surface area contributed by atoms with Gasteiger partial charge in [-0.15, -0.1) is 0 Å². The molecular weight excluding hydrogens is 614 g/mol. The van der Waals surface area contributed by atoms with E-state index in [1.807, 2.05) is 92.8 Å². The summed E-state index contributed by atoms with van der Waals surface area (Å²) in [5.74, 6) is -0.163. The van der Waals surface area contributed by atoms with Crippen LogP contribution in [0.3, 0.4) is 0 Å². The molecular formula is C41H43N3O5. The number of rotatable bonds is 12. The van der Waals surface area contributed by atoms with Crippen molar-refractivity contribution in [2.24, 2.45) is 0 Å². The zero-order valence-electron chi connectivity index (χ0n) is 27.9. The maximum atomic E-state index is 12.5. The number of nitrogens with one attached hydrogen (secondary N) is 1. The maximum absolute atomic E-state index is 12.5. The second kappa shape index (κ2) is 16.1. The number of nitrogens with zero attached hydrogens (tertiary/aromatic N) is 2. The highest BCUT2D eigenvalue weighted by Gasteiger charge is 2.34. The van der Waals surface area contributed by atoms with Gasteiger partial charge in [0.25, 0.3) is 5.91 Å². The van der Waals surface area contributed by atoms with Crippen molar-refractivity contribution in [3.05, 3.63) is 161 Å². The van der Waals surface area contributed by atoms with Crippen LogP contribution in [-0.2, 0) is 22.6 Å². The van der Waals surface area contributed by atoms with Gasteiger partial charge in [-0.25, -0.2) is 0 Å². The lowest BCUT2D eigenvalue weighted by atomic mass is 9.98. The van der Waals surface area contributed by atoms with Gasteiger partial charge < -0.3 is 25.0 Å². The summed E-state index contributed by atoms with van der Waals surface area (Å²) in [4.78, 5) is 18.7. The van der Waals surface area contributed by atoms with Crippen molar-refractivity contribution in [1.82, 2.24) is 15.2 Å². The molecule has 1 fully saturated rings. The summed E-state index contributed by atoms with van der Waals surface area (Å²) < 4.78 is 13.2. The Balaban J connectivity index is 1.16. The Morgan fingerprint density at radius 1 is 0.878 bits per heavy atom. The minimum absolute atomic E-state index is 0.0120. The summed E-state index contributed by atoms with van der Waals surface area (Å²) in [6, 6.07) is 37.3. The third kappa shape index (κ3) is 8.67. The second-order valence-electron chi connectivity index (χ2n) is 12.6. The number of aromatic nitrogens is 1. The van der Waals surface area contributed by atoms with E-state index in [1.54, 1.807) is 24.5 Å². The molecule has 0 aliphatic carbocycles. The van der Waals surface area contributed by atoms with Crippen LogP contribution >= 0.6 is 0 Å². The fourth-order valence-corrected chi connectivity index (χ4v) is 6.17. The first-order valence-electron chi connectivity index (χ1n) is 16.7. The van der Waals surface area contributed by atoms with Gasteiger partial charge in [0.15, 0.2) is 6.29 Å². The summed E-state index contributed by atoms with van der Waals surface area (Å²) in [5, 5.41) is 23.6. The van der Waals surface area contributed by atoms with Crippen LogP contribution < -0.4 is 5.32 Å². The first-order valence-corrected chi connectivity index (χ1v) is 16.7. The van der Waals surface area contributed by atoms with Crippen LogP contribution in [0.4, 0.5) is 0 Å². The quantitative estimate of drug-likeness (QED) is 0.136. The summed E-state index contributed by atoms with van der Waals surface area (Å²) in [7, 11) is 2.02. The van der Waals surface area contributed by atoms with E-state index < -0.39 is 12.4 Å². The Hall–Kier alpha value is -4.70. The van der Waals surface area contributed by atoms with Crippen LogP contribution in [0.15, 0.2) is 128 Å². The van der Waals surface area contributed by atoms with E-state index in [0.29, 0.717) is 25.1 Å². The lowest BCUT2D eigenvalue weighted by Crippen LogP contribution is -2.43. The van der Waals surface area contributed by atoms with Gasteiger partial charge in [-0.1, -0.05) is 97.1 Å². The molecule has 1 amide bonds. The summed E-state index contributed by atoms with van der Waals surface area (Å²) in [5.41, 5.74) is 7.27. The van der Waals surface area contributed by atoms with E-state index in [1.165, 1.54) is 0 Å². The zero-order chi connectivity index (χ0) is 34.2. The molecule has 1 aliphatic rings. The topological polar surface area (TPSA) is 104 Å². The molecule has 8 nitrogen and oxygen atoms in total. The lowest BCUT2D eigenvalue weighted by molar-refractivity contribution is -0.253. The van der Waals surface area contributed by atoms with Gasteiger partial charge in [0, 0.05) is 43.5 Å². The van der Waals surface area contributed by atoms with Crippen molar-refractivity contribution >= 4 is 5.91 Å². The number of carbonyl (C=O) groups excluding carboxylic acids is 1. The van der Waals surface area contributed by atoms with Gasteiger partial charge >= 0.3 is 0 Å². The van der Waals surface area contributed by atoms with Crippen molar-refractivity contribution in [2.75, 3.05) is 13.6 Å². The molecule has 49 heavy (non-hydrogen) atoms. The molecule has 0 saturated carbocycles. The van der Waals surface area contributed by atoms with E-state index in [-0.39, 0.29) is 30.8 Å². The van der Waals surface area contributed by atoms with E-state index in [2.05, 4.69) is 39.5 Å². The minimum Gasteiger partial charge on any atom is -0.392 e. The molecule has 252 valence electrons. The van der Waals surface area contributed by atoms with Crippen LogP contribution in [-0.4, -0.2) is 51.7 Å². The van der Waals surface area contributed by atoms with Gasteiger partial charge in [0.2, 0.25) is 0 Å². The maximum Gasteiger partial charge on any atom is 0.253 e.